The molecule has 0 saturated carbocycles. The SMILES string of the molecule is COC(=O)c1ccc(/C=C/C(=O)c2ccc(N3CCCC3=O)cc2)cc1. The molecule has 1 heterocycles. The summed E-state index contributed by atoms with van der Waals surface area (Å²) in [6.45, 7) is 0.730. The Kier molecular flexibility index (Phi) is 5.27. The average molecular weight is 349 g/mol. The highest BCUT2D eigenvalue weighted by Gasteiger charge is 2.21. The number of nitrogens with zero attached hydrogens (tertiary/aromatic N) is 1. The van der Waals surface area contributed by atoms with Gasteiger partial charge in [0.2, 0.25) is 5.91 Å². The molecule has 0 aliphatic carbocycles. The third-order valence-corrected chi connectivity index (χ3v) is 4.30. The van der Waals surface area contributed by atoms with E-state index in [9.17, 15) is 14.4 Å². The fourth-order valence-corrected chi connectivity index (χ4v) is 2.84. The van der Waals surface area contributed by atoms with Crippen molar-refractivity contribution in [3.05, 3.63) is 71.3 Å². The van der Waals surface area contributed by atoms with Crippen molar-refractivity contribution in [3.8, 4) is 0 Å². The van der Waals surface area contributed by atoms with E-state index in [1.807, 2.05) is 0 Å². The summed E-state index contributed by atoms with van der Waals surface area (Å²) in [5.74, 6) is -0.395. The molecule has 1 saturated heterocycles. The summed E-state index contributed by atoms with van der Waals surface area (Å²) < 4.78 is 4.65. The van der Waals surface area contributed by atoms with Gasteiger partial charge in [-0.3, -0.25) is 9.59 Å². The van der Waals surface area contributed by atoms with E-state index in [0.29, 0.717) is 17.5 Å². The standard InChI is InChI=1S/C21H19NO4/c1-26-21(25)17-7-4-15(5-8-17)6-13-19(23)16-9-11-18(12-10-16)22-14-2-3-20(22)24/h4-13H,2-3,14H2,1H3/b13-6+. The zero-order valence-electron chi connectivity index (χ0n) is 14.5. The maximum atomic E-state index is 12.3. The van der Waals surface area contributed by atoms with Crippen LogP contribution in [-0.4, -0.2) is 31.3 Å². The highest BCUT2D eigenvalue weighted by atomic mass is 16.5. The van der Waals surface area contributed by atoms with Crippen molar-refractivity contribution in [2.75, 3.05) is 18.6 Å². The number of hydrogen-bond acceptors (Lipinski definition) is 4. The molecule has 2 aromatic rings. The largest absolute Gasteiger partial charge is 0.465 e. The normalized spacial score (nSPS) is 14.0. The van der Waals surface area contributed by atoms with Gasteiger partial charge in [0.1, 0.15) is 0 Å². The molecule has 0 radical (unpaired) electrons. The average Bonchev–Trinajstić information content (AvgIpc) is 3.12. The van der Waals surface area contributed by atoms with E-state index in [-0.39, 0.29) is 11.7 Å². The maximum absolute atomic E-state index is 12.3. The van der Waals surface area contributed by atoms with Crippen LogP contribution >= 0.6 is 0 Å². The quantitative estimate of drug-likeness (QED) is 0.471. The van der Waals surface area contributed by atoms with Crippen LogP contribution in [-0.2, 0) is 9.53 Å². The van der Waals surface area contributed by atoms with Crippen LogP contribution in [0.1, 0.15) is 39.1 Å². The van der Waals surface area contributed by atoms with Crippen molar-refractivity contribution in [3.63, 3.8) is 0 Å². The molecular weight excluding hydrogens is 330 g/mol. The second-order valence-corrected chi connectivity index (χ2v) is 6.01. The molecule has 5 heteroatoms. The number of allylic oxidation sites excluding steroid dienone is 1. The Morgan fingerprint density at radius 1 is 1.00 bits per heavy atom. The number of ether oxygens (including phenoxy) is 1. The van der Waals surface area contributed by atoms with Crippen LogP contribution < -0.4 is 4.90 Å². The minimum Gasteiger partial charge on any atom is -0.465 e. The van der Waals surface area contributed by atoms with Gasteiger partial charge in [0, 0.05) is 24.2 Å². The first-order chi connectivity index (χ1) is 12.6. The molecule has 1 aliphatic heterocycles. The molecule has 0 N–H and O–H groups in total. The molecule has 0 atom stereocenters. The number of methoxy groups -OCH3 is 1. The lowest BCUT2D eigenvalue weighted by Crippen LogP contribution is -2.23. The lowest BCUT2D eigenvalue weighted by molar-refractivity contribution is -0.117. The fourth-order valence-electron chi connectivity index (χ4n) is 2.84. The van der Waals surface area contributed by atoms with Crippen LogP contribution in [0.25, 0.3) is 6.08 Å². The predicted octanol–water partition coefficient (Wildman–Crippen LogP) is 3.50. The van der Waals surface area contributed by atoms with Gasteiger partial charge >= 0.3 is 5.97 Å². The summed E-state index contributed by atoms with van der Waals surface area (Å²) >= 11 is 0. The maximum Gasteiger partial charge on any atom is 0.337 e. The van der Waals surface area contributed by atoms with E-state index in [1.54, 1.807) is 59.5 Å². The van der Waals surface area contributed by atoms with Gasteiger partial charge in [0.25, 0.3) is 0 Å². The van der Waals surface area contributed by atoms with Gasteiger partial charge < -0.3 is 9.64 Å². The smallest absolute Gasteiger partial charge is 0.337 e. The van der Waals surface area contributed by atoms with Crippen molar-refractivity contribution < 1.29 is 19.1 Å². The first kappa shape index (κ1) is 17.6. The van der Waals surface area contributed by atoms with Crippen LogP contribution in [0.2, 0.25) is 0 Å². The van der Waals surface area contributed by atoms with Gasteiger partial charge in [-0.25, -0.2) is 4.79 Å². The molecular formula is C21H19NO4. The van der Waals surface area contributed by atoms with Crippen LogP contribution in [0.5, 0.6) is 0 Å². The number of amides is 1. The van der Waals surface area contributed by atoms with E-state index in [0.717, 1.165) is 24.2 Å². The van der Waals surface area contributed by atoms with E-state index in [1.165, 1.54) is 13.2 Å². The number of hydrogen-bond donors (Lipinski definition) is 0. The summed E-state index contributed by atoms with van der Waals surface area (Å²) in [4.78, 5) is 37.2. The third-order valence-electron chi connectivity index (χ3n) is 4.30. The molecule has 132 valence electrons. The highest BCUT2D eigenvalue weighted by molar-refractivity contribution is 6.07. The van der Waals surface area contributed by atoms with Gasteiger partial charge in [-0.2, -0.15) is 0 Å². The van der Waals surface area contributed by atoms with Gasteiger partial charge in [-0.1, -0.05) is 18.2 Å². The lowest BCUT2D eigenvalue weighted by atomic mass is 10.1. The topological polar surface area (TPSA) is 63.7 Å². The number of esters is 1. The number of carbonyl (C=O) groups excluding carboxylic acids is 3. The number of anilines is 1. The molecule has 1 amide bonds. The molecule has 0 spiro atoms. The number of benzene rings is 2. The monoisotopic (exact) mass is 349 g/mol. The lowest BCUT2D eigenvalue weighted by Gasteiger charge is -2.15. The summed E-state index contributed by atoms with van der Waals surface area (Å²) in [7, 11) is 1.33. The molecule has 1 aliphatic rings. The van der Waals surface area contributed by atoms with Gasteiger partial charge in [-0.15, -0.1) is 0 Å². The molecule has 3 rings (SSSR count). The number of carbonyl (C=O) groups is 3. The molecule has 1 fully saturated rings. The minimum absolute atomic E-state index is 0.124. The number of rotatable bonds is 5. The van der Waals surface area contributed by atoms with Gasteiger partial charge in [0.05, 0.1) is 12.7 Å². The molecule has 2 aromatic carbocycles. The molecule has 26 heavy (non-hydrogen) atoms. The fraction of sp³-hybridized carbons (Fsp3) is 0.190. The van der Waals surface area contributed by atoms with Crippen molar-refractivity contribution in [2.24, 2.45) is 0 Å². The number of ketones is 1. The van der Waals surface area contributed by atoms with Crippen molar-refractivity contribution in [2.45, 2.75) is 12.8 Å². The van der Waals surface area contributed by atoms with Crippen LogP contribution in [0.3, 0.4) is 0 Å². The first-order valence-electron chi connectivity index (χ1n) is 8.40. The predicted molar refractivity (Wildman–Crippen MR) is 99.2 cm³/mol. The summed E-state index contributed by atoms with van der Waals surface area (Å²) in [6.07, 6.45) is 4.64. The van der Waals surface area contributed by atoms with Gasteiger partial charge in [-0.05, 0) is 54.5 Å². The van der Waals surface area contributed by atoms with E-state index in [4.69, 9.17) is 0 Å². The molecule has 0 unspecified atom stereocenters. The van der Waals surface area contributed by atoms with Gasteiger partial charge in [0.15, 0.2) is 5.78 Å². The van der Waals surface area contributed by atoms with Crippen LogP contribution in [0.15, 0.2) is 54.6 Å². The van der Waals surface area contributed by atoms with Crippen molar-refractivity contribution in [1.82, 2.24) is 0 Å². The highest BCUT2D eigenvalue weighted by Crippen LogP contribution is 2.22. The molecule has 0 aromatic heterocycles. The Balaban J connectivity index is 1.66. The van der Waals surface area contributed by atoms with Crippen molar-refractivity contribution >= 4 is 29.4 Å². The molecule has 0 bridgehead atoms. The Morgan fingerprint density at radius 2 is 1.65 bits per heavy atom. The van der Waals surface area contributed by atoms with Crippen LogP contribution in [0, 0.1) is 0 Å². The van der Waals surface area contributed by atoms with Crippen molar-refractivity contribution in [1.29, 1.82) is 0 Å². The second-order valence-electron chi connectivity index (χ2n) is 6.01. The summed E-state index contributed by atoms with van der Waals surface area (Å²) in [5.41, 5.74) is 2.66. The third kappa shape index (κ3) is 3.88. The van der Waals surface area contributed by atoms with E-state index >= 15 is 0 Å². The Labute approximate surface area is 151 Å². The minimum atomic E-state index is -0.395. The Hall–Kier alpha value is -3.21. The second kappa shape index (κ2) is 7.78. The summed E-state index contributed by atoms with van der Waals surface area (Å²) in [6, 6.07) is 13.9. The van der Waals surface area contributed by atoms with E-state index in [2.05, 4.69) is 4.74 Å². The Bertz CT molecular complexity index is 851. The van der Waals surface area contributed by atoms with E-state index < -0.39 is 5.97 Å². The van der Waals surface area contributed by atoms with Crippen LogP contribution in [0.4, 0.5) is 5.69 Å². The summed E-state index contributed by atoms with van der Waals surface area (Å²) in [5, 5.41) is 0. The zero-order chi connectivity index (χ0) is 18.5. The zero-order valence-corrected chi connectivity index (χ0v) is 14.5. The molecule has 5 nitrogen and oxygen atoms in total. The Morgan fingerprint density at radius 3 is 2.23 bits per heavy atom. The first-order valence-corrected chi connectivity index (χ1v) is 8.40.